The van der Waals surface area contributed by atoms with Crippen LogP contribution in [0.1, 0.15) is 31.7 Å². The molecule has 4 aliphatic rings. The minimum atomic E-state index is -0.475. The van der Waals surface area contributed by atoms with Gasteiger partial charge in [0.15, 0.2) is 12.6 Å². The van der Waals surface area contributed by atoms with Crippen LogP contribution in [0, 0.1) is 11.8 Å². The van der Waals surface area contributed by atoms with E-state index >= 15 is 0 Å². The molecule has 1 aromatic rings. The number of aliphatic hydroxyl groups excluding tert-OH is 2. The molecule has 4 fully saturated rings. The van der Waals surface area contributed by atoms with Crippen molar-refractivity contribution in [1.82, 2.24) is 0 Å². The maximum absolute atomic E-state index is 9.63. The molecule has 4 saturated heterocycles. The van der Waals surface area contributed by atoms with Gasteiger partial charge in [-0.25, -0.2) is 0 Å². The van der Waals surface area contributed by atoms with Crippen LogP contribution in [0.3, 0.4) is 0 Å². The molecule has 0 aliphatic carbocycles. The number of benzene rings is 1. The number of ether oxygens (including phenoxy) is 4. The van der Waals surface area contributed by atoms with Crippen LogP contribution in [0.4, 0.5) is 0 Å². The fourth-order valence-corrected chi connectivity index (χ4v) is 4.55. The number of fused-ring (bicyclic) bond motifs is 2. The van der Waals surface area contributed by atoms with Crippen molar-refractivity contribution in [3.8, 4) is 0 Å². The Morgan fingerprint density at radius 1 is 0.970 bits per heavy atom. The SMILES string of the molecule is CCCc1ccccc1.N[C@H]1CO[C@@H]2OCC[C@H](O)[C@@H]21.[N-]=[N+]=NC1CO[C@@H]2OCC[C@H](O)C12. The lowest BCUT2D eigenvalue weighted by Crippen LogP contribution is -2.44. The van der Waals surface area contributed by atoms with E-state index < -0.39 is 6.10 Å². The van der Waals surface area contributed by atoms with E-state index in [1.807, 2.05) is 0 Å². The quantitative estimate of drug-likeness (QED) is 0.352. The van der Waals surface area contributed by atoms with Gasteiger partial charge in [-0.15, -0.1) is 0 Å². The summed E-state index contributed by atoms with van der Waals surface area (Å²) in [7, 11) is 0. The predicted molar refractivity (Wildman–Crippen MR) is 121 cm³/mol. The third kappa shape index (κ3) is 7.11. The molecule has 4 N–H and O–H groups in total. The number of azide groups is 1. The first-order valence-electron chi connectivity index (χ1n) is 11.7. The van der Waals surface area contributed by atoms with Crippen LogP contribution >= 0.6 is 0 Å². The molecule has 4 heterocycles. The Bertz CT molecular complexity index is 748. The number of nitrogens with two attached hydrogens (primary N) is 1. The van der Waals surface area contributed by atoms with Crippen molar-refractivity contribution in [1.29, 1.82) is 0 Å². The van der Waals surface area contributed by atoms with Crippen molar-refractivity contribution < 1.29 is 29.2 Å². The molecular formula is C23H36N4O6. The second-order valence-electron chi connectivity index (χ2n) is 8.68. The summed E-state index contributed by atoms with van der Waals surface area (Å²) in [6.07, 6.45) is 2.25. The van der Waals surface area contributed by atoms with Crippen LogP contribution in [0.2, 0.25) is 0 Å². The zero-order valence-electron chi connectivity index (χ0n) is 19.1. The Hall–Kier alpha value is -1.75. The van der Waals surface area contributed by atoms with Gasteiger partial charge in [0, 0.05) is 16.9 Å². The Kier molecular flexibility index (Phi) is 10.4. The largest absolute Gasteiger partial charge is 0.393 e. The molecular weight excluding hydrogens is 428 g/mol. The molecule has 10 heteroatoms. The third-order valence-corrected chi connectivity index (χ3v) is 6.31. The van der Waals surface area contributed by atoms with E-state index in [0.29, 0.717) is 39.3 Å². The minimum absolute atomic E-state index is 0.0104. The Labute approximate surface area is 194 Å². The van der Waals surface area contributed by atoms with Gasteiger partial charge in [0.05, 0.1) is 50.6 Å². The van der Waals surface area contributed by atoms with E-state index in [9.17, 15) is 10.2 Å². The first kappa shape index (κ1) is 25.9. The van der Waals surface area contributed by atoms with Crippen LogP contribution in [0.25, 0.3) is 10.4 Å². The second-order valence-corrected chi connectivity index (χ2v) is 8.68. The zero-order chi connectivity index (χ0) is 23.6. The highest BCUT2D eigenvalue weighted by Crippen LogP contribution is 2.33. The van der Waals surface area contributed by atoms with Crippen LogP contribution < -0.4 is 5.73 Å². The fourth-order valence-electron chi connectivity index (χ4n) is 4.55. The lowest BCUT2D eigenvalue weighted by molar-refractivity contribution is -0.180. The molecule has 5 rings (SSSR count). The molecule has 0 spiro atoms. The summed E-state index contributed by atoms with van der Waals surface area (Å²) in [6, 6.07) is 10.2. The number of hydrogen-bond acceptors (Lipinski definition) is 8. The highest BCUT2D eigenvalue weighted by atomic mass is 16.7. The van der Waals surface area contributed by atoms with Gasteiger partial charge in [0.2, 0.25) is 0 Å². The first-order chi connectivity index (χ1) is 16.0. The van der Waals surface area contributed by atoms with E-state index in [0.717, 1.165) is 0 Å². The molecule has 0 amide bonds. The summed E-state index contributed by atoms with van der Waals surface area (Å²) >= 11 is 0. The molecule has 0 saturated carbocycles. The number of rotatable bonds is 3. The molecule has 2 unspecified atom stereocenters. The zero-order valence-corrected chi connectivity index (χ0v) is 19.1. The van der Waals surface area contributed by atoms with Gasteiger partial charge in [-0.05, 0) is 30.4 Å². The lowest BCUT2D eigenvalue weighted by Gasteiger charge is -2.30. The maximum Gasteiger partial charge on any atom is 0.164 e. The van der Waals surface area contributed by atoms with Crippen molar-refractivity contribution in [2.24, 2.45) is 22.7 Å². The molecule has 184 valence electrons. The number of aryl methyl sites for hydroxylation is 1. The van der Waals surface area contributed by atoms with E-state index in [1.54, 1.807) is 0 Å². The number of hydrogen-bond donors (Lipinski definition) is 3. The molecule has 33 heavy (non-hydrogen) atoms. The third-order valence-electron chi connectivity index (χ3n) is 6.31. The van der Waals surface area contributed by atoms with E-state index in [1.165, 1.54) is 18.4 Å². The van der Waals surface area contributed by atoms with Gasteiger partial charge in [0.25, 0.3) is 0 Å². The maximum atomic E-state index is 9.63. The summed E-state index contributed by atoms with van der Waals surface area (Å²) < 4.78 is 21.0. The molecule has 8 atom stereocenters. The van der Waals surface area contributed by atoms with Gasteiger partial charge >= 0.3 is 0 Å². The van der Waals surface area contributed by atoms with Gasteiger partial charge in [-0.1, -0.05) is 48.8 Å². The smallest absolute Gasteiger partial charge is 0.164 e. The van der Waals surface area contributed by atoms with E-state index in [4.69, 9.17) is 30.2 Å². The van der Waals surface area contributed by atoms with Crippen LogP contribution in [-0.2, 0) is 25.4 Å². The normalized spacial score (nSPS) is 36.7. The van der Waals surface area contributed by atoms with Crippen LogP contribution in [-0.4, -0.2) is 73.5 Å². The summed E-state index contributed by atoms with van der Waals surface area (Å²) in [5.74, 6) is -0.201. The van der Waals surface area contributed by atoms with Crippen molar-refractivity contribution in [3.05, 3.63) is 46.3 Å². The average Bonchev–Trinajstić information content (AvgIpc) is 3.41. The monoisotopic (exact) mass is 464 g/mol. The highest BCUT2D eigenvalue weighted by Gasteiger charge is 2.44. The molecule has 0 aromatic heterocycles. The molecule has 0 radical (unpaired) electrons. The second kappa shape index (κ2) is 13.2. The minimum Gasteiger partial charge on any atom is -0.393 e. The summed E-state index contributed by atoms with van der Waals surface area (Å²) in [4.78, 5) is 2.72. The van der Waals surface area contributed by atoms with Crippen LogP contribution in [0.5, 0.6) is 0 Å². The Morgan fingerprint density at radius 2 is 1.58 bits per heavy atom. The fraction of sp³-hybridized carbons (Fsp3) is 0.739. The highest BCUT2D eigenvalue weighted by molar-refractivity contribution is 5.14. The predicted octanol–water partition coefficient (Wildman–Crippen LogP) is 2.13. The van der Waals surface area contributed by atoms with Gasteiger partial charge in [-0.2, -0.15) is 0 Å². The van der Waals surface area contributed by atoms with Crippen molar-refractivity contribution in [2.75, 3.05) is 26.4 Å². The standard InChI is InChI=1S/C9H12.C7H11N3O3.C7H13NO3/c1-2-6-9-7-4-3-5-8-9;8-10-9-4-3-13-7-6(4)5(11)1-2-12-7;8-4-3-11-7-6(4)5(9)1-2-10-7/h3-5,7-8H,2,6H2,1H3;4-7,11H,1-3H2;4-7,9H,1-3,8H2/t;4?,5-,6?,7-;4-,5-,6-,7-/m.00/s1. The Morgan fingerprint density at radius 3 is 2.18 bits per heavy atom. The molecule has 0 bridgehead atoms. The summed E-state index contributed by atoms with van der Waals surface area (Å²) in [6.45, 7) is 4.14. The molecule has 10 nitrogen and oxygen atoms in total. The van der Waals surface area contributed by atoms with E-state index in [-0.39, 0.29) is 42.6 Å². The van der Waals surface area contributed by atoms with Gasteiger partial charge in [0.1, 0.15) is 0 Å². The van der Waals surface area contributed by atoms with Crippen molar-refractivity contribution in [2.45, 2.75) is 69.5 Å². The summed E-state index contributed by atoms with van der Waals surface area (Å²) in [5, 5.41) is 22.7. The number of nitrogens with zero attached hydrogens (tertiary/aromatic N) is 3. The number of aliphatic hydroxyl groups is 2. The topological polar surface area (TPSA) is 152 Å². The molecule has 1 aromatic carbocycles. The van der Waals surface area contributed by atoms with Gasteiger partial charge in [-0.3, -0.25) is 0 Å². The lowest BCUT2D eigenvalue weighted by atomic mass is 9.92. The van der Waals surface area contributed by atoms with Crippen molar-refractivity contribution in [3.63, 3.8) is 0 Å². The van der Waals surface area contributed by atoms with Crippen molar-refractivity contribution >= 4 is 0 Å². The molecule has 4 aliphatic heterocycles. The average molecular weight is 465 g/mol. The van der Waals surface area contributed by atoms with E-state index in [2.05, 4.69) is 47.3 Å². The summed E-state index contributed by atoms with van der Waals surface area (Å²) in [5.41, 5.74) is 15.4. The first-order valence-corrected chi connectivity index (χ1v) is 11.7. The van der Waals surface area contributed by atoms with Gasteiger partial charge < -0.3 is 34.9 Å². The Balaban J connectivity index is 0.000000142. The van der Waals surface area contributed by atoms with Crippen LogP contribution in [0.15, 0.2) is 35.4 Å².